The summed E-state index contributed by atoms with van der Waals surface area (Å²) < 4.78 is 0. The molecule has 2 aromatic carbocycles. The monoisotopic (exact) mass is 288 g/mol. The van der Waals surface area contributed by atoms with Gasteiger partial charge in [0.1, 0.15) is 11.6 Å². The molecule has 3 rings (SSSR count). The Labute approximate surface area is 130 Å². The second-order valence-electron chi connectivity index (χ2n) is 5.44. The minimum absolute atomic E-state index is 0.0671. The van der Waals surface area contributed by atoms with E-state index in [1.807, 2.05) is 67.6 Å². The largest absolute Gasteiger partial charge is 0.304 e. The first-order valence-corrected chi connectivity index (χ1v) is 7.29. The lowest BCUT2D eigenvalue weighted by atomic mass is 10.1. The molecule has 0 fully saturated rings. The number of benzene rings is 2. The zero-order chi connectivity index (χ0) is 15.5. The first kappa shape index (κ1) is 14.1. The van der Waals surface area contributed by atoms with Crippen molar-refractivity contribution in [3.63, 3.8) is 0 Å². The average molecular weight is 288 g/mol. The summed E-state index contributed by atoms with van der Waals surface area (Å²) in [6.45, 7) is 2.01. The maximum atomic E-state index is 12.8. The summed E-state index contributed by atoms with van der Waals surface area (Å²) in [5, 5.41) is 9.39. The fourth-order valence-corrected chi connectivity index (χ4v) is 2.86. The summed E-state index contributed by atoms with van der Waals surface area (Å²) in [4.78, 5) is 14.5. The fourth-order valence-electron chi connectivity index (χ4n) is 2.86. The Bertz CT molecular complexity index is 772. The summed E-state index contributed by atoms with van der Waals surface area (Å²) in [6.07, 6.45) is 2.47. The van der Waals surface area contributed by atoms with Gasteiger partial charge in [-0.3, -0.25) is 4.79 Å². The standard InChI is InChI=1S/C19H16N2O/c1-14-11-16-9-5-6-10-18(16)21(14)19(22)17(13-20)12-15-7-3-2-4-8-15/h2-10,12,14H,11H2,1H3/b17-12-. The van der Waals surface area contributed by atoms with Gasteiger partial charge in [0.2, 0.25) is 0 Å². The lowest BCUT2D eigenvalue weighted by molar-refractivity contribution is -0.115. The number of fused-ring (bicyclic) bond motifs is 1. The second kappa shape index (κ2) is 5.87. The third-order valence-corrected chi connectivity index (χ3v) is 3.89. The molecule has 1 aliphatic heterocycles. The van der Waals surface area contributed by atoms with Gasteiger partial charge in [0.05, 0.1) is 0 Å². The van der Waals surface area contributed by atoms with Gasteiger partial charge in [0, 0.05) is 11.7 Å². The minimum Gasteiger partial charge on any atom is -0.304 e. The number of nitriles is 1. The van der Waals surface area contributed by atoms with Crippen LogP contribution in [0.2, 0.25) is 0 Å². The number of carbonyl (C=O) groups is 1. The number of hydrogen-bond donors (Lipinski definition) is 0. The molecule has 1 aliphatic rings. The van der Waals surface area contributed by atoms with Crippen LogP contribution < -0.4 is 4.90 Å². The number of amides is 1. The third-order valence-electron chi connectivity index (χ3n) is 3.89. The van der Waals surface area contributed by atoms with Crippen LogP contribution in [0.25, 0.3) is 6.08 Å². The van der Waals surface area contributed by atoms with Crippen molar-refractivity contribution in [3.8, 4) is 6.07 Å². The van der Waals surface area contributed by atoms with Gasteiger partial charge in [-0.05, 0) is 36.6 Å². The van der Waals surface area contributed by atoms with Crippen LogP contribution in [0.1, 0.15) is 18.1 Å². The molecule has 0 aliphatic carbocycles. The van der Waals surface area contributed by atoms with Gasteiger partial charge in [-0.1, -0.05) is 48.5 Å². The second-order valence-corrected chi connectivity index (χ2v) is 5.44. The van der Waals surface area contributed by atoms with Crippen LogP contribution in [-0.4, -0.2) is 11.9 Å². The van der Waals surface area contributed by atoms with Crippen LogP contribution in [0.3, 0.4) is 0 Å². The third kappa shape index (κ3) is 2.51. The Balaban J connectivity index is 1.96. The lowest BCUT2D eigenvalue weighted by Crippen LogP contribution is -2.36. The molecule has 0 saturated carbocycles. The van der Waals surface area contributed by atoms with Crippen molar-refractivity contribution in [2.45, 2.75) is 19.4 Å². The van der Waals surface area contributed by atoms with Crippen LogP contribution in [-0.2, 0) is 11.2 Å². The van der Waals surface area contributed by atoms with Crippen molar-refractivity contribution in [2.24, 2.45) is 0 Å². The summed E-state index contributed by atoms with van der Waals surface area (Å²) in [7, 11) is 0. The molecule has 0 radical (unpaired) electrons. The van der Waals surface area contributed by atoms with E-state index in [9.17, 15) is 10.1 Å². The molecule has 2 aromatic rings. The molecule has 1 amide bonds. The molecular formula is C19H16N2O. The van der Waals surface area contributed by atoms with Crippen molar-refractivity contribution in [2.75, 3.05) is 4.90 Å². The smallest absolute Gasteiger partial charge is 0.269 e. The van der Waals surface area contributed by atoms with Crippen LogP contribution in [0.4, 0.5) is 5.69 Å². The molecule has 0 N–H and O–H groups in total. The molecule has 3 heteroatoms. The van der Waals surface area contributed by atoms with Crippen molar-refractivity contribution < 1.29 is 4.79 Å². The Hall–Kier alpha value is -2.86. The molecular weight excluding hydrogens is 272 g/mol. The van der Waals surface area contributed by atoms with E-state index in [1.54, 1.807) is 11.0 Å². The molecule has 1 unspecified atom stereocenters. The summed E-state index contributed by atoms with van der Waals surface area (Å²) >= 11 is 0. The fraction of sp³-hybridized carbons (Fsp3) is 0.158. The molecule has 108 valence electrons. The topological polar surface area (TPSA) is 44.1 Å². The highest BCUT2D eigenvalue weighted by Gasteiger charge is 2.32. The number of nitrogens with zero attached hydrogens (tertiary/aromatic N) is 2. The van der Waals surface area contributed by atoms with Gasteiger partial charge in [0.25, 0.3) is 5.91 Å². The van der Waals surface area contributed by atoms with Crippen LogP contribution >= 0.6 is 0 Å². The number of hydrogen-bond acceptors (Lipinski definition) is 2. The van der Waals surface area contributed by atoms with Crippen LogP contribution in [0.15, 0.2) is 60.2 Å². The van der Waals surface area contributed by atoms with Gasteiger partial charge in [0.15, 0.2) is 0 Å². The maximum absolute atomic E-state index is 12.8. The van der Waals surface area contributed by atoms with Gasteiger partial charge in [-0.25, -0.2) is 0 Å². The van der Waals surface area contributed by atoms with Gasteiger partial charge >= 0.3 is 0 Å². The van der Waals surface area contributed by atoms with Gasteiger partial charge in [-0.15, -0.1) is 0 Å². The van der Waals surface area contributed by atoms with Crippen LogP contribution in [0, 0.1) is 11.3 Å². The summed E-state index contributed by atoms with van der Waals surface area (Å²) in [5.41, 5.74) is 3.08. The molecule has 1 atom stereocenters. The lowest BCUT2D eigenvalue weighted by Gasteiger charge is -2.22. The van der Waals surface area contributed by atoms with Crippen LogP contribution in [0.5, 0.6) is 0 Å². The number of anilines is 1. The van der Waals surface area contributed by atoms with E-state index in [2.05, 4.69) is 0 Å². The predicted molar refractivity (Wildman–Crippen MR) is 87.1 cm³/mol. The molecule has 0 spiro atoms. The van der Waals surface area contributed by atoms with E-state index in [0.717, 1.165) is 23.2 Å². The highest BCUT2D eigenvalue weighted by atomic mass is 16.2. The van der Waals surface area contributed by atoms with Crippen molar-refractivity contribution in [3.05, 3.63) is 71.3 Å². The average Bonchev–Trinajstić information content (AvgIpc) is 2.88. The van der Waals surface area contributed by atoms with E-state index >= 15 is 0 Å². The molecule has 3 nitrogen and oxygen atoms in total. The highest BCUT2D eigenvalue weighted by Crippen LogP contribution is 2.33. The molecule has 0 aromatic heterocycles. The summed E-state index contributed by atoms with van der Waals surface area (Å²) in [6, 6.07) is 19.4. The Kier molecular flexibility index (Phi) is 3.76. The van der Waals surface area contributed by atoms with Gasteiger partial charge < -0.3 is 4.90 Å². The quantitative estimate of drug-likeness (QED) is 0.626. The molecule has 0 bridgehead atoms. The Morgan fingerprint density at radius 2 is 1.86 bits per heavy atom. The predicted octanol–water partition coefficient (Wildman–Crippen LogP) is 3.57. The van der Waals surface area contributed by atoms with E-state index in [-0.39, 0.29) is 17.5 Å². The molecule has 1 heterocycles. The summed E-state index contributed by atoms with van der Waals surface area (Å²) in [5.74, 6) is -0.233. The van der Waals surface area contributed by atoms with Gasteiger partial charge in [-0.2, -0.15) is 5.26 Å². The van der Waals surface area contributed by atoms with Crippen molar-refractivity contribution >= 4 is 17.7 Å². The Morgan fingerprint density at radius 1 is 1.18 bits per heavy atom. The number of rotatable bonds is 2. The highest BCUT2D eigenvalue weighted by molar-refractivity contribution is 6.12. The van der Waals surface area contributed by atoms with E-state index in [0.29, 0.717) is 0 Å². The van der Waals surface area contributed by atoms with Crippen molar-refractivity contribution in [1.82, 2.24) is 0 Å². The number of para-hydroxylation sites is 1. The Morgan fingerprint density at radius 3 is 2.59 bits per heavy atom. The zero-order valence-electron chi connectivity index (χ0n) is 12.4. The molecule has 22 heavy (non-hydrogen) atoms. The first-order chi connectivity index (χ1) is 10.7. The minimum atomic E-state index is -0.233. The number of carbonyl (C=O) groups excluding carboxylic acids is 1. The molecule has 0 saturated heterocycles. The van der Waals surface area contributed by atoms with E-state index in [4.69, 9.17) is 0 Å². The SMILES string of the molecule is CC1Cc2ccccc2N1C(=O)/C(C#N)=C\c1ccccc1. The first-order valence-electron chi connectivity index (χ1n) is 7.29. The van der Waals surface area contributed by atoms with E-state index < -0.39 is 0 Å². The van der Waals surface area contributed by atoms with Crippen molar-refractivity contribution in [1.29, 1.82) is 5.26 Å². The normalized spacial score (nSPS) is 17.0. The van der Waals surface area contributed by atoms with E-state index in [1.165, 1.54) is 0 Å². The zero-order valence-corrected chi connectivity index (χ0v) is 12.4. The maximum Gasteiger partial charge on any atom is 0.269 e.